The van der Waals surface area contributed by atoms with Crippen LogP contribution in [0.2, 0.25) is 0 Å². The van der Waals surface area contributed by atoms with Crippen molar-refractivity contribution >= 4 is 24.8 Å². The second-order valence-corrected chi connectivity index (χ2v) is 4.42. The lowest BCUT2D eigenvalue weighted by molar-refractivity contribution is -0.0283. The van der Waals surface area contributed by atoms with E-state index in [-0.39, 0.29) is 42.0 Å². The Kier molecular flexibility index (Phi) is 5.08. The van der Waals surface area contributed by atoms with E-state index >= 15 is 0 Å². The van der Waals surface area contributed by atoms with Crippen LogP contribution in [0, 0.1) is 5.82 Å². The molecule has 18 heavy (non-hydrogen) atoms. The number of nitrogens with one attached hydrogen (secondary N) is 1. The third-order valence-electron chi connectivity index (χ3n) is 3.17. The predicted octanol–water partition coefficient (Wildman–Crippen LogP) is 2.56. The largest absolute Gasteiger partial charge is 0.485 e. The standard InChI is InChI=1S/C12H14FNO2.2ClH/c13-9-3-1-4-10-11(9)16-12(8-15-10)5-2-6-14-7-12;;/h1,3-4,14H,2,5-8H2;2*1H. The average Bonchev–Trinajstić information content (AvgIpc) is 2.32. The molecule has 1 spiro atoms. The van der Waals surface area contributed by atoms with Gasteiger partial charge in [-0.2, -0.15) is 0 Å². The zero-order chi connectivity index (χ0) is 11.0. The van der Waals surface area contributed by atoms with Crippen LogP contribution in [0.15, 0.2) is 18.2 Å². The van der Waals surface area contributed by atoms with Gasteiger partial charge in [-0.05, 0) is 31.5 Å². The predicted molar refractivity (Wildman–Crippen MR) is 71.9 cm³/mol. The summed E-state index contributed by atoms with van der Waals surface area (Å²) in [6.07, 6.45) is 1.95. The molecule has 1 atom stereocenters. The van der Waals surface area contributed by atoms with E-state index in [1.807, 2.05) is 0 Å². The van der Waals surface area contributed by atoms with Gasteiger partial charge in [0.15, 0.2) is 22.9 Å². The van der Waals surface area contributed by atoms with Crippen LogP contribution in [0.4, 0.5) is 4.39 Å². The van der Waals surface area contributed by atoms with Crippen LogP contribution >= 0.6 is 24.8 Å². The first kappa shape index (κ1) is 15.3. The summed E-state index contributed by atoms with van der Waals surface area (Å²) in [5.74, 6) is 0.427. The van der Waals surface area contributed by atoms with E-state index in [0.717, 1.165) is 25.9 Å². The summed E-state index contributed by atoms with van der Waals surface area (Å²) < 4.78 is 25.0. The zero-order valence-corrected chi connectivity index (χ0v) is 11.4. The van der Waals surface area contributed by atoms with Gasteiger partial charge in [-0.25, -0.2) is 4.39 Å². The van der Waals surface area contributed by atoms with Crippen molar-refractivity contribution in [2.45, 2.75) is 18.4 Å². The molecule has 2 aliphatic heterocycles. The molecule has 102 valence electrons. The van der Waals surface area contributed by atoms with Gasteiger partial charge in [-0.3, -0.25) is 0 Å². The van der Waals surface area contributed by atoms with Crippen LogP contribution in [0.3, 0.4) is 0 Å². The number of fused-ring (bicyclic) bond motifs is 1. The fourth-order valence-electron chi connectivity index (χ4n) is 2.31. The summed E-state index contributed by atoms with van der Waals surface area (Å²) in [5.41, 5.74) is -0.382. The van der Waals surface area contributed by atoms with Crippen molar-refractivity contribution in [2.75, 3.05) is 19.7 Å². The van der Waals surface area contributed by atoms with Crippen LogP contribution in [0.5, 0.6) is 11.5 Å². The van der Waals surface area contributed by atoms with Crippen molar-refractivity contribution in [1.29, 1.82) is 0 Å². The Balaban J connectivity index is 0.000000810. The quantitative estimate of drug-likeness (QED) is 0.798. The van der Waals surface area contributed by atoms with Gasteiger partial charge in [0.2, 0.25) is 0 Å². The van der Waals surface area contributed by atoms with Crippen molar-refractivity contribution in [2.24, 2.45) is 0 Å². The number of hydrogen-bond acceptors (Lipinski definition) is 3. The van der Waals surface area contributed by atoms with Crippen molar-refractivity contribution in [1.82, 2.24) is 5.32 Å². The van der Waals surface area contributed by atoms with Crippen LogP contribution < -0.4 is 14.8 Å². The maximum atomic E-state index is 13.6. The number of halogens is 3. The molecule has 3 nitrogen and oxygen atoms in total. The smallest absolute Gasteiger partial charge is 0.197 e. The monoisotopic (exact) mass is 295 g/mol. The summed E-state index contributed by atoms with van der Waals surface area (Å²) in [6, 6.07) is 4.77. The van der Waals surface area contributed by atoms with Gasteiger partial charge in [0.1, 0.15) is 6.61 Å². The first-order valence-electron chi connectivity index (χ1n) is 5.60. The van der Waals surface area contributed by atoms with Crippen molar-refractivity contribution < 1.29 is 13.9 Å². The summed E-state index contributed by atoms with van der Waals surface area (Å²) >= 11 is 0. The van der Waals surface area contributed by atoms with E-state index in [4.69, 9.17) is 9.47 Å². The maximum Gasteiger partial charge on any atom is 0.197 e. The third-order valence-corrected chi connectivity index (χ3v) is 3.17. The Morgan fingerprint density at radius 3 is 2.83 bits per heavy atom. The highest BCUT2D eigenvalue weighted by Crippen LogP contribution is 2.39. The van der Waals surface area contributed by atoms with Crippen LogP contribution in [-0.2, 0) is 0 Å². The molecule has 0 radical (unpaired) electrons. The molecule has 0 aliphatic carbocycles. The second-order valence-electron chi connectivity index (χ2n) is 4.42. The highest BCUT2D eigenvalue weighted by molar-refractivity contribution is 5.85. The zero-order valence-electron chi connectivity index (χ0n) is 9.78. The molecule has 1 fully saturated rings. The number of hydrogen-bond donors (Lipinski definition) is 1. The lowest BCUT2D eigenvalue weighted by atomic mass is 9.94. The molecule has 2 heterocycles. The minimum Gasteiger partial charge on any atom is -0.485 e. The minimum atomic E-state index is -0.382. The number of ether oxygens (including phenoxy) is 2. The molecular formula is C12H16Cl2FNO2. The van der Waals surface area contributed by atoms with E-state index < -0.39 is 0 Å². The summed E-state index contributed by atoms with van der Waals surface area (Å²) in [4.78, 5) is 0. The van der Waals surface area contributed by atoms with E-state index in [9.17, 15) is 4.39 Å². The Labute approximate surface area is 118 Å². The molecule has 0 saturated carbocycles. The first-order valence-corrected chi connectivity index (χ1v) is 5.60. The maximum absolute atomic E-state index is 13.6. The highest BCUT2D eigenvalue weighted by Gasteiger charge is 2.40. The number of benzene rings is 1. The van der Waals surface area contributed by atoms with Crippen molar-refractivity contribution in [3.8, 4) is 11.5 Å². The third kappa shape index (κ3) is 2.66. The van der Waals surface area contributed by atoms with E-state index in [0.29, 0.717) is 12.4 Å². The lowest BCUT2D eigenvalue weighted by Crippen LogP contribution is -2.55. The molecule has 1 saturated heterocycles. The van der Waals surface area contributed by atoms with Crippen molar-refractivity contribution in [3.05, 3.63) is 24.0 Å². The molecular weight excluding hydrogens is 280 g/mol. The SMILES string of the molecule is Cl.Cl.Fc1cccc2c1OC1(CCCNC1)CO2. The molecule has 2 aliphatic rings. The minimum absolute atomic E-state index is 0. The average molecular weight is 296 g/mol. The molecule has 0 bridgehead atoms. The van der Waals surface area contributed by atoms with Gasteiger partial charge in [-0.1, -0.05) is 6.07 Å². The molecule has 1 N–H and O–H groups in total. The second kappa shape index (κ2) is 5.95. The van der Waals surface area contributed by atoms with Crippen LogP contribution in [0.25, 0.3) is 0 Å². The summed E-state index contributed by atoms with van der Waals surface area (Å²) in [7, 11) is 0. The fraction of sp³-hybridized carbons (Fsp3) is 0.500. The van der Waals surface area contributed by atoms with Gasteiger partial charge in [0.25, 0.3) is 0 Å². The van der Waals surface area contributed by atoms with E-state index in [2.05, 4.69) is 5.32 Å². The molecule has 1 aromatic rings. The molecule has 3 rings (SSSR count). The normalized spacial score (nSPS) is 24.9. The fourth-order valence-corrected chi connectivity index (χ4v) is 2.31. The summed E-state index contributed by atoms with van der Waals surface area (Å²) in [6.45, 7) is 2.21. The Hall–Kier alpha value is -0.710. The molecule has 1 aromatic carbocycles. The number of piperidine rings is 1. The van der Waals surface area contributed by atoms with Gasteiger partial charge in [-0.15, -0.1) is 24.8 Å². The Bertz CT molecular complexity index is 411. The lowest BCUT2D eigenvalue weighted by Gasteiger charge is -2.41. The Morgan fingerprint density at radius 2 is 2.11 bits per heavy atom. The molecule has 0 amide bonds. The van der Waals surface area contributed by atoms with Crippen molar-refractivity contribution in [3.63, 3.8) is 0 Å². The number of rotatable bonds is 0. The van der Waals surface area contributed by atoms with Gasteiger partial charge < -0.3 is 14.8 Å². The van der Waals surface area contributed by atoms with Crippen LogP contribution in [-0.4, -0.2) is 25.3 Å². The van der Waals surface area contributed by atoms with Gasteiger partial charge >= 0.3 is 0 Å². The molecule has 6 heteroatoms. The van der Waals surface area contributed by atoms with E-state index in [1.165, 1.54) is 6.07 Å². The highest BCUT2D eigenvalue weighted by atomic mass is 35.5. The summed E-state index contributed by atoms with van der Waals surface area (Å²) in [5, 5.41) is 3.27. The Morgan fingerprint density at radius 1 is 1.28 bits per heavy atom. The van der Waals surface area contributed by atoms with Gasteiger partial charge in [0, 0.05) is 6.54 Å². The van der Waals surface area contributed by atoms with E-state index in [1.54, 1.807) is 12.1 Å². The number of para-hydroxylation sites is 1. The van der Waals surface area contributed by atoms with Gasteiger partial charge in [0.05, 0.1) is 0 Å². The topological polar surface area (TPSA) is 30.5 Å². The molecule has 0 aromatic heterocycles. The first-order chi connectivity index (χ1) is 7.79. The molecule has 1 unspecified atom stereocenters. The van der Waals surface area contributed by atoms with Crippen LogP contribution in [0.1, 0.15) is 12.8 Å².